The SMILES string of the molecule is CCCNS(=O)(=O)NCC(N)C(CC)CC. The van der Waals surface area contributed by atoms with Gasteiger partial charge in [0.05, 0.1) is 0 Å². The molecule has 0 fully saturated rings. The van der Waals surface area contributed by atoms with E-state index in [1.807, 2.05) is 6.92 Å². The predicted molar refractivity (Wildman–Crippen MR) is 67.3 cm³/mol. The lowest BCUT2D eigenvalue weighted by Crippen LogP contribution is -2.45. The molecule has 0 aliphatic heterocycles. The van der Waals surface area contributed by atoms with Gasteiger partial charge in [-0.05, 0) is 12.3 Å². The second kappa shape index (κ2) is 8.00. The maximum atomic E-state index is 11.4. The van der Waals surface area contributed by atoms with Gasteiger partial charge in [0, 0.05) is 19.1 Å². The van der Waals surface area contributed by atoms with Crippen molar-refractivity contribution in [3.63, 3.8) is 0 Å². The summed E-state index contributed by atoms with van der Waals surface area (Å²) >= 11 is 0. The van der Waals surface area contributed by atoms with E-state index >= 15 is 0 Å². The third-order valence-corrected chi connectivity index (χ3v) is 3.84. The van der Waals surface area contributed by atoms with E-state index in [0.717, 1.165) is 19.3 Å². The van der Waals surface area contributed by atoms with Crippen LogP contribution in [0.3, 0.4) is 0 Å². The number of nitrogens with two attached hydrogens (primary N) is 1. The van der Waals surface area contributed by atoms with Gasteiger partial charge in [-0.1, -0.05) is 33.6 Å². The predicted octanol–water partition coefficient (Wildman–Crippen LogP) is 0.584. The van der Waals surface area contributed by atoms with Crippen molar-refractivity contribution in [2.45, 2.75) is 46.1 Å². The summed E-state index contributed by atoms with van der Waals surface area (Å²) in [5.41, 5.74) is 5.92. The van der Waals surface area contributed by atoms with E-state index in [0.29, 0.717) is 19.0 Å². The zero-order valence-corrected chi connectivity index (χ0v) is 11.3. The van der Waals surface area contributed by atoms with Crippen molar-refractivity contribution in [3.8, 4) is 0 Å². The molecular weight excluding hydrogens is 226 g/mol. The molecule has 0 aromatic carbocycles. The summed E-state index contributed by atoms with van der Waals surface area (Å²) in [6.07, 6.45) is 2.73. The first-order valence-electron chi connectivity index (χ1n) is 5.96. The molecule has 4 N–H and O–H groups in total. The minimum atomic E-state index is -3.37. The summed E-state index contributed by atoms with van der Waals surface area (Å²) in [6.45, 7) is 6.80. The molecule has 6 heteroatoms. The molecule has 0 amide bonds. The highest BCUT2D eigenvalue weighted by Gasteiger charge is 2.16. The molecule has 0 aliphatic rings. The number of nitrogens with one attached hydrogen (secondary N) is 2. The van der Waals surface area contributed by atoms with Crippen molar-refractivity contribution >= 4 is 10.2 Å². The topological polar surface area (TPSA) is 84.2 Å². The van der Waals surface area contributed by atoms with Crippen molar-refractivity contribution < 1.29 is 8.42 Å². The van der Waals surface area contributed by atoms with Crippen molar-refractivity contribution in [3.05, 3.63) is 0 Å². The number of hydrogen-bond donors (Lipinski definition) is 3. The second-order valence-electron chi connectivity index (χ2n) is 3.99. The van der Waals surface area contributed by atoms with Crippen LogP contribution in [0.4, 0.5) is 0 Å². The van der Waals surface area contributed by atoms with E-state index in [2.05, 4.69) is 23.3 Å². The van der Waals surface area contributed by atoms with Crippen molar-refractivity contribution in [1.29, 1.82) is 0 Å². The summed E-state index contributed by atoms with van der Waals surface area (Å²) in [7, 11) is -3.37. The zero-order chi connectivity index (χ0) is 12.6. The lowest BCUT2D eigenvalue weighted by Gasteiger charge is -2.21. The molecule has 0 saturated carbocycles. The second-order valence-corrected chi connectivity index (χ2v) is 5.57. The van der Waals surface area contributed by atoms with E-state index in [1.165, 1.54) is 0 Å². The molecule has 5 nitrogen and oxygen atoms in total. The van der Waals surface area contributed by atoms with Crippen LogP contribution in [0.2, 0.25) is 0 Å². The van der Waals surface area contributed by atoms with Crippen molar-refractivity contribution in [1.82, 2.24) is 9.44 Å². The van der Waals surface area contributed by atoms with Crippen molar-refractivity contribution in [2.24, 2.45) is 11.7 Å². The fraction of sp³-hybridized carbons (Fsp3) is 1.00. The Morgan fingerprint density at radius 3 is 2.12 bits per heavy atom. The normalized spacial score (nSPS) is 14.3. The fourth-order valence-electron chi connectivity index (χ4n) is 1.55. The summed E-state index contributed by atoms with van der Waals surface area (Å²) in [4.78, 5) is 0. The highest BCUT2D eigenvalue weighted by molar-refractivity contribution is 7.87. The van der Waals surface area contributed by atoms with Crippen LogP contribution in [0.25, 0.3) is 0 Å². The van der Waals surface area contributed by atoms with E-state index in [4.69, 9.17) is 5.73 Å². The summed E-state index contributed by atoms with van der Waals surface area (Å²) in [5, 5.41) is 0. The summed E-state index contributed by atoms with van der Waals surface area (Å²) in [5.74, 6) is 0.369. The average Bonchev–Trinajstić information content (AvgIpc) is 2.25. The molecule has 1 unspecified atom stereocenters. The molecule has 0 aromatic heterocycles. The Morgan fingerprint density at radius 2 is 1.69 bits per heavy atom. The smallest absolute Gasteiger partial charge is 0.276 e. The maximum Gasteiger partial charge on any atom is 0.276 e. The van der Waals surface area contributed by atoms with Gasteiger partial charge in [-0.15, -0.1) is 0 Å². The quantitative estimate of drug-likeness (QED) is 0.560. The van der Waals surface area contributed by atoms with E-state index in [-0.39, 0.29) is 6.04 Å². The Balaban J connectivity index is 4.03. The lowest BCUT2D eigenvalue weighted by atomic mass is 9.95. The first-order valence-corrected chi connectivity index (χ1v) is 7.44. The third kappa shape index (κ3) is 6.42. The lowest BCUT2D eigenvalue weighted by molar-refractivity contribution is 0.392. The summed E-state index contributed by atoms with van der Waals surface area (Å²) < 4.78 is 27.8. The molecule has 98 valence electrons. The monoisotopic (exact) mass is 251 g/mol. The van der Waals surface area contributed by atoms with Gasteiger partial charge >= 0.3 is 0 Å². The van der Waals surface area contributed by atoms with Crippen molar-refractivity contribution in [2.75, 3.05) is 13.1 Å². The van der Waals surface area contributed by atoms with Gasteiger partial charge in [0.15, 0.2) is 0 Å². The van der Waals surface area contributed by atoms with Gasteiger partial charge in [-0.3, -0.25) is 0 Å². The van der Waals surface area contributed by atoms with Gasteiger partial charge in [0.2, 0.25) is 0 Å². The average molecular weight is 251 g/mol. The number of rotatable bonds is 9. The van der Waals surface area contributed by atoms with Crippen LogP contribution in [0, 0.1) is 5.92 Å². The molecule has 0 bridgehead atoms. The molecule has 0 heterocycles. The highest BCUT2D eigenvalue weighted by atomic mass is 32.2. The van der Waals surface area contributed by atoms with Crippen LogP contribution in [0.1, 0.15) is 40.0 Å². The fourth-order valence-corrected chi connectivity index (χ4v) is 2.54. The molecule has 0 aliphatic carbocycles. The maximum absolute atomic E-state index is 11.4. The zero-order valence-electron chi connectivity index (χ0n) is 10.5. The van der Waals surface area contributed by atoms with E-state index in [1.54, 1.807) is 0 Å². The van der Waals surface area contributed by atoms with Crippen LogP contribution in [-0.4, -0.2) is 27.5 Å². The Hall–Kier alpha value is -0.170. The molecule has 16 heavy (non-hydrogen) atoms. The largest absolute Gasteiger partial charge is 0.326 e. The Bertz CT molecular complexity index is 263. The van der Waals surface area contributed by atoms with Crippen LogP contribution in [0.15, 0.2) is 0 Å². The van der Waals surface area contributed by atoms with Crippen LogP contribution < -0.4 is 15.2 Å². The molecule has 0 rings (SSSR count). The first-order chi connectivity index (χ1) is 7.46. The van der Waals surface area contributed by atoms with Gasteiger partial charge in [-0.2, -0.15) is 8.42 Å². The minimum Gasteiger partial charge on any atom is -0.326 e. The van der Waals surface area contributed by atoms with Gasteiger partial charge in [0.1, 0.15) is 0 Å². The van der Waals surface area contributed by atoms with Crippen LogP contribution in [-0.2, 0) is 10.2 Å². The molecular formula is C10H25N3O2S. The van der Waals surface area contributed by atoms with E-state index in [9.17, 15) is 8.42 Å². The third-order valence-electron chi connectivity index (χ3n) is 2.71. The van der Waals surface area contributed by atoms with Gasteiger partial charge in [0.25, 0.3) is 10.2 Å². The van der Waals surface area contributed by atoms with Crippen LogP contribution in [0.5, 0.6) is 0 Å². The number of hydrogen-bond acceptors (Lipinski definition) is 3. The molecule has 1 atom stereocenters. The Labute approximate surface area is 99.4 Å². The Kier molecular flexibility index (Phi) is 7.91. The van der Waals surface area contributed by atoms with Gasteiger partial charge < -0.3 is 5.73 Å². The first kappa shape index (κ1) is 15.8. The Morgan fingerprint density at radius 1 is 1.12 bits per heavy atom. The summed E-state index contributed by atoms with van der Waals surface area (Å²) in [6, 6.07) is -0.117. The van der Waals surface area contributed by atoms with Gasteiger partial charge in [-0.25, -0.2) is 9.44 Å². The highest BCUT2D eigenvalue weighted by Crippen LogP contribution is 2.10. The molecule has 0 spiro atoms. The van der Waals surface area contributed by atoms with E-state index < -0.39 is 10.2 Å². The minimum absolute atomic E-state index is 0.117. The molecule has 0 aromatic rings. The molecule has 0 radical (unpaired) electrons. The molecule has 0 saturated heterocycles. The van der Waals surface area contributed by atoms with Crippen LogP contribution >= 0.6 is 0 Å². The standard InChI is InChI=1S/C10H25N3O2S/c1-4-7-12-16(14,15)13-8-10(11)9(5-2)6-3/h9-10,12-13H,4-8,11H2,1-3H3.